The highest BCUT2D eigenvalue weighted by Crippen LogP contribution is 2.22. The summed E-state index contributed by atoms with van der Waals surface area (Å²) in [5.74, 6) is 1.87. The third kappa shape index (κ3) is 3.91. The quantitative estimate of drug-likeness (QED) is 0.724. The summed E-state index contributed by atoms with van der Waals surface area (Å²) in [7, 11) is 0. The lowest BCUT2D eigenvalue weighted by Gasteiger charge is -2.32. The maximum absolute atomic E-state index is 5.79. The fraction of sp³-hybridized carbons (Fsp3) is 0.368. The first kappa shape index (κ1) is 15.9. The maximum Gasteiger partial charge on any atom is 0.137 e. The van der Waals surface area contributed by atoms with Crippen LogP contribution in [0.3, 0.4) is 0 Å². The van der Waals surface area contributed by atoms with Crippen LogP contribution in [0.2, 0.25) is 0 Å². The Labute approximate surface area is 147 Å². The summed E-state index contributed by atoms with van der Waals surface area (Å²) in [6, 6.07) is 12.4. The second-order valence-corrected chi connectivity index (χ2v) is 6.41. The standard InChI is InChI=1S/C19H23N5O/c1-2-4-16(5-3-1)25-13-12-24-10-7-15(8-11-24)22-19-17-14-21-23-18(17)6-9-20-19/h1-6,9,14-15H,7-8,10-13H2,(H,20,22)(H,21,23). The monoisotopic (exact) mass is 337 g/mol. The van der Waals surface area contributed by atoms with Crippen molar-refractivity contribution in [3.63, 3.8) is 0 Å². The maximum atomic E-state index is 5.79. The molecule has 2 aromatic heterocycles. The number of piperidine rings is 1. The minimum atomic E-state index is 0.458. The molecule has 0 atom stereocenters. The number of pyridine rings is 1. The smallest absolute Gasteiger partial charge is 0.137 e. The summed E-state index contributed by atoms with van der Waals surface area (Å²) < 4.78 is 5.79. The van der Waals surface area contributed by atoms with Crippen LogP contribution in [-0.2, 0) is 0 Å². The molecule has 2 N–H and O–H groups in total. The van der Waals surface area contributed by atoms with Crippen LogP contribution in [0.1, 0.15) is 12.8 Å². The molecule has 0 amide bonds. The number of H-pyrrole nitrogens is 1. The van der Waals surface area contributed by atoms with E-state index in [1.165, 1.54) is 0 Å². The average molecular weight is 337 g/mol. The topological polar surface area (TPSA) is 66.1 Å². The minimum Gasteiger partial charge on any atom is -0.492 e. The van der Waals surface area contributed by atoms with Crippen molar-refractivity contribution < 1.29 is 4.74 Å². The van der Waals surface area contributed by atoms with Gasteiger partial charge in [0.1, 0.15) is 18.2 Å². The van der Waals surface area contributed by atoms with E-state index in [4.69, 9.17) is 4.74 Å². The number of hydrogen-bond donors (Lipinski definition) is 2. The van der Waals surface area contributed by atoms with Gasteiger partial charge in [0.2, 0.25) is 0 Å². The van der Waals surface area contributed by atoms with E-state index in [0.717, 1.165) is 61.6 Å². The Balaban J connectivity index is 1.24. The van der Waals surface area contributed by atoms with E-state index in [-0.39, 0.29) is 0 Å². The summed E-state index contributed by atoms with van der Waals surface area (Å²) in [6.07, 6.45) is 5.88. The van der Waals surface area contributed by atoms with Crippen molar-refractivity contribution in [2.45, 2.75) is 18.9 Å². The number of ether oxygens (including phenoxy) is 1. The highest BCUT2D eigenvalue weighted by Gasteiger charge is 2.20. The number of para-hydroxylation sites is 1. The molecule has 0 spiro atoms. The molecule has 6 heteroatoms. The first-order valence-electron chi connectivity index (χ1n) is 8.83. The summed E-state index contributed by atoms with van der Waals surface area (Å²) in [5.41, 5.74) is 1.02. The Bertz CT molecular complexity index is 796. The Kier molecular flexibility index (Phi) is 4.79. The number of nitrogens with zero attached hydrogens (tertiary/aromatic N) is 3. The lowest BCUT2D eigenvalue weighted by molar-refractivity contribution is 0.177. The molecule has 6 nitrogen and oxygen atoms in total. The van der Waals surface area contributed by atoms with Gasteiger partial charge in [-0.15, -0.1) is 0 Å². The van der Waals surface area contributed by atoms with Gasteiger partial charge < -0.3 is 10.1 Å². The molecule has 0 saturated carbocycles. The van der Waals surface area contributed by atoms with Crippen molar-refractivity contribution in [1.29, 1.82) is 0 Å². The molecule has 130 valence electrons. The van der Waals surface area contributed by atoms with Crippen LogP contribution >= 0.6 is 0 Å². The minimum absolute atomic E-state index is 0.458. The molecule has 0 radical (unpaired) electrons. The molecule has 4 rings (SSSR count). The van der Waals surface area contributed by atoms with Crippen molar-refractivity contribution >= 4 is 16.7 Å². The van der Waals surface area contributed by atoms with Crippen molar-refractivity contribution in [2.75, 3.05) is 31.6 Å². The molecule has 0 bridgehead atoms. The van der Waals surface area contributed by atoms with Gasteiger partial charge in [-0.3, -0.25) is 10.00 Å². The molecule has 1 saturated heterocycles. The predicted octanol–water partition coefficient (Wildman–Crippen LogP) is 2.91. The molecule has 3 heterocycles. The van der Waals surface area contributed by atoms with Crippen LogP contribution in [0.25, 0.3) is 10.9 Å². The third-order valence-electron chi connectivity index (χ3n) is 4.72. The molecule has 0 aliphatic carbocycles. The Morgan fingerprint density at radius 3 is 2.84 bits per heavy atom. The molecule has 1 aliphatic heterocycles. The number of aromatic amines is 1. The van der Waals surface area contributed by atoms with Crippen molar-refractivity contribution in [1.82, 2.24) is 20.1 Å². The second-order valence-electron chi connectivity index (χ2n) is 6.41. The predicted molar refractivity (Wildman–Crippen MR) is 98.9 cm³/mol. The van der Waals surface area contributed by atoms with Crippen molar-refractivity contribution in [3.05, 3.63) is 48.8 Å². The molecule has 1 aliphatic rings. The Morgan fingerprint density at radius 2 is 2.00 bits per heavy atom. The van der Waals surface area contributed by atoms with Gasteiger partial charge in [-0.2, -0.15) is 5.10 Å². The molecule has 0 unspecified atom stereocenters. The first-order valence-corrected chi connectivity index (χ1v) is 8.83. The van der Waals surface area contributed by atoms with E-state index in [2.05, 4.69) is 25.4 Å². The molecule has 25 heavy (non-hydrogen) atoms. The molecule has 1 aromatic carbocycles. The van der Waals surface area contributed by atoms with Gasteiger partial charge in [-0.25, -0.2) is 4.98 Å². The Morgan fingerprint density at radius 1 is 1.16 bits per heavy atom. The highest BCUT2D eigenvalue weighted by molar-refractivity contribution is 5.88. The van der Waals surface area contributed by atoms with Gasteiger partial charge in [0.15, 0.2) is 0 Å². The average Bonchev–Trinajstić information content (AvgIpc) is 3.14. The fourth-order valence-electron chi connectivity index (χ4n) is 3.29. The van der Waals surface area contributed by atoms with Crippen LogP contribution in [0.5, 0.6) is 5.75 Å². The zero-order chi connectivity index (χ0) is 16.9. The van der Waals surface area contributed by atoms with Gasteiger partial charge in [0.25, 0.3) is 0 Å². The highest BCUT2D eigenvalue weighted by atomic mass is 16.5. The molecule has 3 aromatic rings. The lowest BCUT2D eigenvalue weighted by atomic mass is 10.0. The van der Waals surface area contributed by atoms with E-state index >= 15 is 0 Å². The fourth-order valence-corrected chi connectivity index (χ4v) is 3.29. The summed E-state index contributed by atoms with van der Waals surface area (Å²) in [5, 5.41) is 11.7. The van der Waals surface area contributed by atoms with E-state index < -0.39 is 0 Å². The number of aromatic nitrogens is 3. The number of hydrogen-bond acceptors (Lipinski definition) is 5. The third-order valence-corrected chi connectivity index (χ3v) is 4.72. The number of nitrogens with one attached hydrogen (secondary N) is 2. The van der Waals surface area contributed by atoms with Crippen LogP contribution in [0.15, 0.2) is 48.8 Å². The van der Waals surface area contributed by atoms with Crippen LogP contribution < -0.4 is 10.1 Å². The van der Waals surface area contributed by atoms with Crippen molar-refractivity contribution in [3.8, 4) is 5.75 Å². The SMILES string of the molecule is c1ccc(OCCN2CCC(Nc3nccc4[nH]ncc34)CC2)cc1. The van der Waals surface area contributed by atoms with Crippen molar-refractivity contribution in [2.24, 2.45) is 0 Å². The number of likely N-dealkylation sites (tertiary alicyclic amines) is 1. The normalized spacial score (nSPS) is 16.2. The van der Waals surface area contributed by atoms with Gasteiger partial charge in [0.05, 0.1) is 17.1 Å². The van der Waals surface area contributed by atoms with E-state index in [1.807, 2.05) is 48.8 Å². The summed E-state index contributed by atoms with van der Waals surface area (Å²) in [4.78, 5) is 6.94. The second kappa shape index (κ2) is 7.53. The summed E-state index contributed by atoms with van der Waals surface area (Å²) >= 11 is 0. The van der Waals surface area contributed by atoms with Crippen LogP contribution in [0.4, 0.5) is 5.82 Å². The van der Waals surface area contributed by atoms with E-state index in [1.54, 1.807) is 0 Å². The molecule has 1 fully saturated rings. The van der Waals surface area contributed by atoms with Crippen LogP contribution in [-0.4, -0.2) is 52.4 Å². The first-order chi connectivity index (χ1) is 12.4. The molecular formula is C19H23N5O. The number of anilines is 1. The number of fused-ring (bicyclic) bond motifs is 1. The number of rotatable bonds is 6. The summed E-state index contributed by atoms with van der Waals surface area (Å²) in [6.45, 7) is 3.86. The van der Waals surface area contributed by atoms with E-state index in [9.17, 15) is 0 Å². The Hall–Kier alpha value is -2.60. The van der Waals surface area contributed by atoms with Gasteiger partial charge in [-0.1, -0.05) is 18.2 Å². The number of benzene rings is 1. The zero-order valence-electron chi connectivity index (χ0n) is 14.2. The molecular weight excluding hydrogens is 314 g/mol. The lowest BCUT2D eigenvalue weighted by Crippen LogP contribution is -2.41. The van der Waals surface area contributed by atoms with E-state index in [0.29, 0.717) is 6.04 Å². The van der Waals surface area contributed by atoms with Gasteiger partial charge in [0, 0.05) is 31.9 Å². The van der Waals surface area contributed by atoms with Gasteiger partial charge in [-0.05, 0) is 31.0 Å². The zero-order valence-corrected chi connectivity index (χ0v) is 14.2. The largest absolute Gasteiger partial charge is 0.492 e. The van der Waals surface area contributed by atoms with Crippen LogP contribution in [0, 0.1) is 0 Å². The van der Waals surface area contributed by atoms with Gasteiger partial charge >= 0.3 is 0 Å².